The summed E-state index contributed by atoms with van der Waals surface area (Å²) in [4.78, 5) is 30.0. The van der Waals surface area contributed by atoms with E-state index in [-0.39, 0.29) is 5.91 Å². The van der Waals surface area contributed by atoms with Crippen molar-refractivity contribution in [3.05, 3.63) is 87.6 Å². The van der Waals surface area contributed by atoms with Gasteiger partial charge in [-0.1, -0.05) is 31.2 Å². The van der Waals surface area contributed by atoms with Gasteiger partial charge in [0, 0.05) is 11.4 Å². The third-order valence-electron chi connectivity index (χ3n) is 5.53. The molecule has 1 saturated heterocycles. The smallest absolute Gasteiger partial charge is 0.339 e. The maximum absolute atomic E-state index is 12.6. The highest BCUT2D eigenvalue weighted by Crippen LogP contribution is 2.31. The van der Waals surface area contributed by atoms with Gasteiger partial charge in [-0.2, -0.15) is 0 Å². The molecular weight excluding hydrogens is 434 g/mol. The van der Waals surface area contributed by atoms with Crippen molar-refractivity contribution >= 4 is 40.6 Å². The van der Waals surface area contributed by atoms with Crippen molar-refractivity contribution < 1.29 is 14.3 Å². The molecule has 1 fully saturated rings. The predicted octanol–water partition coefficient (Wildman–Crippen LogP) is 5.33. The highest BCUT2D eigenvalue weighted by molar-refractivity contribution is 8.18. The lowest BCUT2D eigenvalue weighted by atomic mass is 10.1. The number of ether oxygens (including phenoxy) is 1. The molecule has 3 aromatic rings. The minimum absolute atomic E-state index is 0.177. The van der Waals surface area contributed by atoms with Crippen LogP contribution in [0.3, 0.4) is 0 Å². The van der Waals surface area contributed by atoms with E-state index in [0.29, 0.717) is 15.6 Å². The van der Waals surface area contributed by atoms with Crippen LogP contribution in [0.25, 0.3) is 11.8 Å². The van der Waals surface area contributed by atoms with Crippen molar-refractivity contribution in [1.29, 1.82) is 0 Å². The Morgan fingerprint density at radius 1 is 1.15 bits per heavy atom. The van der Waals surface area contributed by atoms with Crippen LogP contribution in [-0.2, 0) is 16.0 Å². The van der Waals surface area contributed by atoms with Crippen LogP contribution in [0.4, 0.5) is 5.69 Å². The van der Waals surface area contributed by atoms with Crippen molar-refractivity contribution in [2.24, 2.45) is 4.99 Å². The van der Waals surface area contributed by atoms with Gasteiger partial charge in [-0.15, -0.1) is 0 Å². The number of aliphatic imine (C=N–C) groups is 1. The average Bonchev–Trinajstić information content (AvgIpc) is 3.31. The maximum Gasteiger partial charge on any atom is 0.339 e. The van der Waals surface area contributed by atoms with E-state index in [2.05, 4.69) is 17.2 Å². The first-order chi connectivity index (χ1) is 15.9. The number of amidine groups is 1. The topological polar surface area (TPSA) is 72.7 Å². The number of esters is 1. The van der Waals surface area contributed by atoms with E-state index < -0.39 is 5.97 Å². The van der Waals surface area contributed by atoms with E-state index in [1.807, 2.05) is 73.0 Å². The fourth-order valence-corrected chi connectivity index (χ4v) is 4.63. The number of nitrogens with zero attached hydrogens (tertiary/aromatic N) is 2. The Labute approximate surface area is 197 Å². The molecule has 1 amide bonds. The van der Waals surface area contributed by atoms with E-state index in [1.54, 1.807) is 6.07 Å². The SMILES string of the molecule is CCc1ccc(N=C2NC(=O)/C(=C/c3cc(C)n(-c4ccccc4C(=O)OC)c3C)S2)cc1. The highest BCUT2D eigenvalue weighted by Gasteiger charge is 2.25. The Kier molecular flexibility index (Phi) is 6.51. The average molecular weight is 460 g/mol. The summed E-state index contributed by atoms with van der Waals surface area (Å²) >= 11 is 1.32. The summed E-state index contributed by atoms with van der Waals surface area (Å²) in [6.45, 7) is 6.04. The lowest BCUT2D eigenvalue weighted by Crippen LogP contribution is -2.19. The molecule has 33 heavy (non-hydrogen) atoms. The summed E-state index contributed by atoms with van der Waals surface area (Å²) < 4.78 is 6.95. The summed E-state index contributed by atoms with van der Waals surface area (Å²) in [7, 11) is 1.37. The molecule has 0 unspecified atom stereocenters. The zero-order chi connectivity index (χ0) is 23.5. The molecule has 1 aliphatic heterocycles. The van der Waals surface area contributed by atoms with E-state index in [1.165, 1.54) is 24.4 Å². The largest absolute Gasteiger partial charge is 0.465 e. The van der Waals surface area contributed by atoms with Crippen LogP contribution in [0.15, 0.2) is 64.5 Å². The summed E-state index contributed by atoms with van der Waals surface area (Å²) in [6.07, 6.45) is 2.83. The van der Waals surface area contributed by atoms with Crippen molar-refractivity contribution in [1.82, 2.24) is 9.88 Å². The Morgan fingerprint density at radius 2 is 1.88 bits per heavy atom. The molecule has 0 saturated carbocycles. The molecule has 0 atom stereocenters. The number of thioether (sulfide) groups is 1. The molecule has 0 aliphatic carbocycles. The summed E-state index contributed by atoms with van der Waals surface area (Å²) in [6, 6.07) is 17.3. The number of amides is 1. The first-order valence-electron chi connectivity index (χ1n) is 10.7. The van der Waals surface area contributed by atoms with Gasteiger partial charge in [0.2, 0.25) is 0 Å². The molecular formula is C26H25N3O3S. The molecule has 0 spiro atoms. The fourth-order valence-electron chi connectivity index (χ4n) is 3.80. The van der Waals surface area contributed by atoms with Gasteiger partial charge in [-0.25, -0.2) is 9.79 Å². The second-order valence-electron chi connectivity index (χ2n) is 7.67. The normalized spacial score (nSPS) is 15.8. The van der Waals surface area contributed by atoms with Crippen LogP contribution in [0.1, 0.15) is 39.8 Å². The number of rotatable bonds is 5. The number of carbonyl (C=O) groups is 2. The molecule has 1 aromatic heterocycles. The molecule has 168 valence electrons. The Morgan fingerprint density at radius 3 is 2.58 bits per heavy atom. The van der Waals surface area contributed by atoms with Crippen molar-refractivity contribution in [2.75, 3.05) is 7.11 Å². The zero-order valence-corrected chi connectivity index (χ0v) is 19.8. The minimum atomic E-state index is -0.392. The molecule has 7 heteroatoms. The number of methoxy groups -OCH3 is 1. The van der Waals surface area contributed by atoms with E-state index >= 15 is 0 Å². The lowest BCUT2D eigenvalue weighted by Gasteiger charge is -2.13. The number of nitrogens with one attached hydrogen (secondary N) is 1. The van der Waals surface area contributed by atoms with Crippen LogP contribution < -0.4 is 5.32 Å². The molecule has 2 heterocycles. The van der Waals surface area contributed by atoms with Gasteiger partial charge in [0.25, 0.3) is 5.91 Å². The predicted molar refractivity (Wildman–Crippen MR) is 133 cm³/mol. The van der Waals surface area contributed by atoms with E-state index in [9.17, 15) is 9.59 Å². The van der Waals surface area contributed by atoms with E-state index in [4.69, 9.17) is 4.74 Å². The van der Waals surface area contributed by atoms with Gasteiger partial charge in [-0.05, 0) is 79.6 Å². The summed E-state index contributed by atoms with van der Waals surface area (Å²) in [5, 5.41) is 3.40. The number of para-hydroxylation sites is 1. The zero-order valence-electron chi connectivity index (χ0n) is 19.0. The van der Waals surface area contributed by atoms with Gasteiger partial charge in [0.15, 0.2) is 5.17 Å². The first kappa shape index (κ1) is 22.6. The number of aromatic nitrogens is 1. The fraction of sp³-hybridized carbons (Fsp3) is 0.192. The molecule has 0 radical (unpaired) electrons. The van der Waals surface area contributed by atoms with Gasteiger partial charge >= 0.3 is 5.97 Å². The van der Waals surface area contributed by atoms with Gasteiger partial charge in [0.05, 0.1) is 29.0 Å². The lowest BCUT2D eigenvalue weighted by molar-refractivity contribution is -0.115. The van der Waals surface area contributed by atoms with Crippen LogP contribution >= 0.6 is 11.8 Å². The number of hydrogen-bond acceptors (Lipinski definition) is 5. The van der Waals surface area contributed by atoms with Crippen molar-refractivity contribution in [2.45, 2.75) is 27.2 Å². The monoisotopic (exact) mass is 459 g/mol. The number of carbonyl (C=O) groups excluding carboxylic acids is 2. The number of aryl methyl sites for hydroxylation is 2. The van der Waals surface area contributed by atoms with Crippen LogP contribution in [0.5, 0.6) is 0 Å². The van der Waals surface area contributed by atoms with Gasteiger partial charge < -0.3 is 14.6 Å². The third-order valence-corrected chi connectivity index (χ3v) is 6.44. The number of hydrogen-bond donors (Lipinski definition) is 1. The molecule has 4 rings (SSSR count). The molecule has 6 nitrogen and oxygen atoms in total. The van der Waals surface area contributed by atoms with Crippen LogP contribution in [0, 0.1) is 13.8 Å². The second kappa shape index (κ2) is 9.50. The Balaban J connectivity index is 1.65. The van der Waals surface area contributed by atoms with E-state index in [0.717, 1.165) is 34.7 Å². The van der Waals surface area contributed by atoms with Gasteiger partial charge in [-0.3, -0.25) is 4.79 Å². The molecule has 0 bridgehead atoms. The Hall–Kier alpha value is -3.58. The number of benzene rings is 2. The quantitative estimate of drug-likeness (QED) is 0.413. The van der Waals surface area contributed by atoms with Gasteiger partial charge in [0.1, 0.15) is 0 Å². The standard InChI is InChI=1S/C26H25N3O3S/c1-5-18-10-12-20(13-11-18)27-26-28-24(30)23(33-26)15-19-14-16(2)29(17(19)3)22-9-7-6-8-21(22)25(31)32-4/h6-15H,5H2,1-4H3,(H,27,28,30)/b23-15-. The summed E-state index contributed by atoms with van der Waals surface area (Å²) in [5.74, 6) is -0.569. The minimum Gasteiger partial charge on any atom is -0.465 e. The Bertz CT molecular complexity index is 1290. The van der Waals surface area contributed by atoms with Crippen LogP contribution in [-0.4, -0.2) is 28.7 Å². The summed E-state index contributed by atoms with van der Waals surface area (Å²) in [5.41, 5.74) is 6.04. The van der Waals surface area contributed by atoms with Crippen LogP contribution in [0.2, 0.25) is 0 Å². The highest BCUT2D eigenvalue weighted by atomic mass is 32.2. The second-order valence-corrected chi connectivity index (χ2v) is 8.70. The molecule has 1 N–H and O–H groups in total. The molecule has 1 aliphatic rings. The third kappa shape index (κ3) is 4.64. The maximum atomic E-state index is 12.6. The van der Waals surface area contributed by atoms with Crippen molar-refractivity contribution in [3.63, 3.8) is 0 Å². The first-order valence-corrected chi connectivity index (χ1v) is 11.5. The van der Waals surface area contributed by atoms with Crippen molar-refractivity contribution in [3.8, 4) is 5.69 Å². The molecule has 2 aromatic carbocycles.